The summed E-state index contributed by atoms with van der Waals surface area (Å²) in [7, 11) is 1.78. The molecule has 0 bridgehead atoms. The number of fused-ring (bicyclic) bond motifs is 1. The first-order valence-electron chi connectivity index (χ1n) is 10.3. The van der Waals surface area contributed by atoms with E-state index in [1.54, 1.807) is 13.1 Å². The van der Waals surface area contributed by atoms with Gasteiger partial charge in [-0.05, 0) is 55.5 Å². The minimum atomic E-state index is -0.138. The van der Waals surface area contributed by atoms with Crippen LogP contribution >= 0.6 is 0 Å². The summed E-state index contributed by atoms with van der Waals surface area (Å²) in [6, 6.07) is 11.7. The highest BCUT2D eigenvalue weighted by Gasteiger charge is 2.28. The molecule has 30 heavy (non-hydrogen) atoms. The number of allylic oxidation sites excluding steroid dienone is 1. The molecule has 2 aromatic carbocycles. The van der Waals surface area contributed by atoms with E-state index >= 15 is 0 Å². The summed E-state index contributed by atoms with van der Waals surface area (Å²) in [5, 5.41) is 3.17. The van der Waals surface area contributed by atoms with Gasteiger partial charge >= 0.3 is 0 Å². The van der Waals surface area contributed by atoms with E-state index in [4.69, 9.17) is 4.42 Å². The first-order chi connectivity index (χ1) is 14.4. The van der Waals surface area contributed by atoms with E-state index < -0.39 is 0 Å². The van der Waals surface area contributed by atoms with Crippen LogP contribution in [0.2, 0.25) is 0 Å². The summed E-state index contributed by atoms with van der Waals surface area (Å²) >= 11 is 0. The van der Waals surface area contributed by atoms with Crippen LogP contribution in [-0.2, 0) is 0 Å². The summed E-state index contributed by atoms with van der Waals surface area (Å²) in [6.45, 7) is 10.4. The van der Waals surface area contributed by atoms with E-state index in [1.807, 2.05) is 31.2 Å². The van der Waals surface area contributed by atoms with Crippen molar-refractivity contribution in [2.45, 2.75) is 39.7 Å². The molecule has 1 aliphatic carbocycles. The number of amides is 1. The number of aliphatic imine (C=N–C) groups is 1. The molecule has 2 atom stereocenters. The third-order valence-corrected chi connectivity index (χ3v) is 5.92. The fourth-order valence-electron chi connectivity index (χ4n) is 4.21. The average Bonchev–Trinajstić information content (AvgIpc) is 3.14. The van der Waals surface area contributed by atoms with Gasteiger partial charge in [0.25, 0.3) is 5.91 Å². The molecular formula is C25H27N3O2. The van der Waals surface area contributed by atoms with Crippen LogP contribution in [0.1, 0.15) is 41.3 Å². The molecular weight excluding hydrogens is 374 g/mol. The van der Waals surface area contributed by atoms with Gasteiger partial charge in [0.2, 0.25) is 5.89 Å². The highest BCUT2D eigenvalue weighted by Crippen LogP contribution is 2.30. The number of aryl methyl sites for hydroxylation is 2. The second kappa shape index (κ2) is 7.90. The van der Waals surface area contributed by atoms with Crippen LogP contribution in [-0.4, -0.2) is 29.7 Å². The molecule has 0 saturated heterocycles. The maximum atomic E-state index is 13.1. The summed E-state index contributed by atoms with van der Waals surface area (Å²) in [5.74, 6) is 0.689. The van der Waals surface area contributed by atoms with Crippen molar-refractivity contribution in [3.8, 4) is 11.5 Å². The third-order valence-electron chi connectivity index (χ3n) is 5.92. The Morgan fingerprint density at radius 2 is 2.07 bits per heavy atom. The van der Waals surface area contributed by atoms with Gasteiger partial charge in [-0.15, -0.1) is 0 Å². The maximum absolute atomic E-state index is 13.1. The predicted octanol–water partition coefficient (Wildman–Crippen LogP) is 5.27. The second-order valence-corrected chi connectivity index (χ2v) is 8.20. The van der Waals surface area contributed by atoms with Gasteiger partial charge in [0.1, 0.15) is 5.52 Å². The van der Waals surface area contributed by atoms with Crippen LogP contribution in [0.25, 0.3) is 22.6 Å². The van der Waals surface area contributed by atoms with Gasteiger partial charge in [0.05, 0.1) is 5.56 Å². The van der Waals surface area contributed by atoms with Gasteiger partial charge in [-0.1, -0.05) is 37.3 Å². The first-order valence-corrected chi connectivity index (χ1v) is 10.3. The Morgan fingerprint density at radius 3 is 2.80 bits per heavy atom. The number of hydrogen-bond acceptors (Lipinski definition) is 4. The molecule has 5 nitrogen and oxygen atoms in total. The van der Waals surface area contributed by atoms with Crippen molar-refractivity contribution in [3.63, 3.8) is 0 Å². The normalized spacial score (nSPS) is 20.7. The molecule has 1 heterocycles. The lowest BCUT2D eigenvalue weighted by molar-refractivity contribution is 0.0934. The molecule has 1 saturated carbocycles. The Morgan fingerprint density at radius 1 is 1.27 bits per heavy atom. The van der Waals surface area contributed by atoms with E-state index in [0.717, 1.165) is 28.8 Å². The minimum absolute atomic E-state index is 0.0256. The Labute approximate surface area is 176 Å². The van der Waals surface area contributed by atoms with Crippen molar-refractivity contribution in [2.24, 2.45) is 10.9 Å². The van der Waals surface area contributed by atoms with Crippen molar-refractivity contribution in [1.29, 1.82) is 0 Å². The Kier molecular flexibility index (Phi) is 5.29. The van der Waals surface area contributed by atoms with Crippen LogP contribution in [0, 0.1) is 19.8 Å². The molecule has 154 valence electrons. The third kappa shape index (κ3) is 3.67. The number of hydrogen-bond donors (Lipinski definition) is 1. The molecule has 3 aromatic rings. The van der Waals surface area contributed by atoms with Crippen LogP contribution < -0.4 is 5.32 Å². The molecule has 0 radical (unpaired) electrons. The molecule has 1 N–H and O–H groups in total. The SMILES string of the molecule is C=C1C(=NC)CC(NC(=O)c2cccc3oc(-c4ccc(C)cc4C)nc23)CC1C. The number of para-hydroxylation sites is 1. The van der Waals surface area contributed by atoms with Crippen molar-refractivity contribution in [1.82, 2.24) is 10.3 Å². The van der Waals surface area contributed by atoms with Gasteiger partial charge in [-0.3, -0.25) is 9.79 Å². The van der Waals surface area contributed by atoms with Gasteiger partial charge < -0.3 is 9.73 Å². The molecule has 0 aliphatic heterocycles. The van der Waals surface area contributed by atoms with Crippen LogP contribution in [0.4, 0.5) is 0 Å². The lowest BCUT2D eigenvalue weighted by atomic mass is 9.82. The van der Waals surface area contributed by atoms with Gasteiger partial charge in [0.15, 0.2) is 5.58 Å². The minimum Gasteiger partial charge on any atom is -0.436 e. The Balaban J connectivity index is 1.63. The number of nitrogens with one attached hydrogen (secondary N) is 1. The summed E-state index contributed by atoms with van der Waals surface area (Å²) in [6.07, 6.45) is 1.56. The van der Waals surface area contributed by atoms with Crippen LogP contribution in [0.3, 0.4) is 0 Å². The number of rotatable bonds is 3. The van der Waals surface area contributed by atoms with Crippen molar-refractivity contribution in [3.05, 3.63) is 65.2 Å². The van der Waals surface area contributed by atoms with E-state index in [0.29, 0.717) is 34.9 Å². The smallest absolute Gasteiger partial charge is 0.253 e. The lowest BCUT2D eigenvalue weighted by Crippen LogP contribution is -2.41. The van der Waals surface area contributed by atoms with Crippen molar-refractivity contribution < 1.29 is 9.21 Å². The van der Waals surface area contributed by atoms with E-state index in [9.17, 15) is 4.79 Å². The van der Waals surface area contributed by atoms with Crippen LogP contribution in [0.5, 0.6) is 0 Å². The Bertz CT molecular complexity index is 1170. The standard InChI is InChI=1S/C25H27N3O2/c1-14-9-10-19(16(3)11-14)25-28-23-20(7-6-8-22(23)30-25)24(29)27-18-12-15(2)17(4)21(13-18)26-5/h6-11,15,18H,4,12-13H2,1-3,5H3,(H,27,29). The summed E-state index contributed by atoms with van der Waals surface area (Å²) in [5.41, 5.74) is 6.99. The number of carbonyl (C=O) groups is 1. The summed E-state index contributed by atoms with van der Waals surface area (Å²) < 4.78 is 6.00. The number of aromatic nitrogens is 1. The zero-order valence-electron chi connectivity index (χ0n) is 18.0. The highest BCUT2D eigenvalue weighted by atomic mass is 16.3. The van der Waals surface area contributed by atoms with Crippen LogP contribution in [0.15, 0.2) is 58.0 Å². The first kappa shape index (κ1) is 20.1. The van der Waals surface area contributed by atoms with Crippen molar-refractivity contribution >= 4 is 22.7 Å². The number of oxazole rings is 1. The quantitative estimate of drug-likeness (QED) is 0.650. The topological polar surface area (TPSA) is 67.5 Å². The van der Waals surface area contributed by atoms with Gasteiger partial charge in [-0.2, -0.15) is 0 Å². The molecule has 0 spiro atoms. The Hall–Kier alpha value is -3.21. The fourth-order valence-corrected chi connectivity index (χ4v) is 4.21. The van der Waals surface area contributed by atoms with E-state index in [-0.39, 0.29) is 11.9 Å². The van der Waals surface area contributed by atoms with E-state index in [2.05, 4.69) is 41.8 Å². The number of carbonyl (C=O) groups excluding carboxylic acids is 1. The maximum Gasteiger partial charge on any atom is 0.253 e. The van der Waals surface area contributed by atoms with Crippen molar-refractivity contribution in [2.75, 3.05) is 7.05 Å². The molecule has 1 aliphatic rings. The zero-order valence-corrected chi connectivity index (χ0v) is 18.0. The van der Waals surface area contributed by atoms with Gasteiger partial charge in [0, 0.05) is 30.8 Å². The molecule has 1 fully saturated rings. The number of benzene rings is 2. The predicted molar refractivity (Wildman–Crippen MR) is 121 cm³/mol. The summed E-state index contributed by atoms with van der Waals surface area (Å²) in [4.78, 5) is 22.1. The fraction of sp³-hybridized carbons (Fsp3) is 0.320. The largest absolute Gasteiger partial charge is 0.436 e. The zero-order chi connectivity index (χ0) is 21.4. The number of nitrogens with zero attached hydrogens (tertiary/aromatic N) is 2. The monoisotopic (exact) mass is 401 g/mol. The van der Waals surface area contributed by atoms with Gasteiger partial charge in [-0.25, -0.2) is 4.98 Å². The molecule has 4 rings (SSSR count). The molecule has 1 aromatic heterocycles. The molecule has 5 heteroatoms. The molecule has 2 unspecified atom stereocenters. The van der Waals surface area contributed by atoms with E-state index in [1.165, 1.54) is 5.56 Å². The lowest BCUT2D eigenvalue weighted by Gasteiger charge is -2.30. The highest BCUT2D eigenvalue weighted by molar-refractivity contribution is 6.06. The average molecular weight is 402 g/mol. The molecule has 1 amide bonds. The second-order valence-electron chi connectivity index (χ2n) is 8.20.